The lowest BCUT2D eigenvalue weighted by molar-refractivity contribution is 0.0789. The van der Waals surface area contributed by atoms with Gasteiger partial charge in [0.15, 0.2) is 0 Å². The van der Waals surface area contributed by atoms with Crippen LogP contribution < -0.4 is 5.73 Å². The third-order valence-electron chi connectivity index (χ3n) is 4.92. The number of pyridine rings is 1. The van der Waals surface area contributed by atoms with E-state index in [0.717, 1.165) is 41.7 Å². The van der Waals surface area contributed by atoms with Gasteiger partial charge in [0, 0.05) is 35.1 Å². The number of nitrogens with two attached hydrogens (primary N) is 1. The van der Waals surface area contributed by atoms with Crippen molar-refractivity contribution in [2.45, 2.75) is 25.2 Å². The van der Waals surface area contributed by atoms with Crippen molar-refractivity contribution < 1.29 is 4.79 Å². The first-order valence-corrected chi connectivity index (χ1v) is 8.63. The van der Waals surface area contributed by atoms with Crippen molar-refractivity contribution >= 4 is 28.4 Å². The maximum atomic E-state index is 13.0. The summed E-state index contributed by atoms with van der Waals surface area (Å²) in [6.45, 7) is 2.17. The molecule has 1 amide bonds. The topological polar surface area (TPSA) is 59.2 Å². The van der Waals surface area contributed by atoms with Gasteiger partial charge in [-0.15, -0.1) is 0 Å². The molecular weight excluding hydrogens is 310 g/mol. The van der Waals surface area contributed by atoms with Gasteiger partial charge in [0.05, 0.1) is 11.1 Å². The van der Waals surface area contributed by atoms with E-state index in [-0.39, 0.29) is 5.91 Å². The Hall–Kier alpha value is -1.65. The van der Waals surface area contributed by atoms with Crippen molar-refractivity contribution in [3.63, 3.8) is 0 Å². The summed E-state index contributed by atoms with van der Waals surface area (Å²) < 4.78 is 0. The molecule has 0 spiro atoms. The molecule has 4 nitrogen and oxygen atoms in total. The highest BCUT2D eigenvalue weighted by Crippen LogP contribution is 2.40. The molecule has 1 aliphatic heterocycles. The summed E-state index contributed by atoms with van der Waals surface area (Å²) in [6.07, 6.45) is 3.32. The van der Waals surface area contributed by atoms with Crippen LogP contribution in [0.4, 0.5) is 0 Å². The van der Waals surface area contributed by atoms with Gasteiger partial charge in [-0.1, -0.05) is 11.6 Å². The Morgan fingerprint density at radius 3 is 2.83 bits per heavy atom. The fourth-order valence-electron chi connectivity index (χ4n) is 3.36. The highest BCUT2D eigenvalue weighted by molar-refractivity contribution is 6.31. The molecule has 1 aliphatic carbocycles. The lowest BCUT2D eigenvalue weighted by Crippen LogP contribution is -2.30. The molecule has 1 aromatic carbocycles. The monoisotopic (exact) mass is 329 g/mol. The highest BCUT2D eigenvalue weighted by Gasteiger charge is 2.30. The number of benzene rings is 1. The van der Waals surface area contributed by atoms with E-state index >= 15 is 0 Å². The number of hydrogen-bond donors (Lipinski definition) is 1. The number of carbonyl (C=O) groups is 1. The second-order valence-electron chi connectivity index (χ2n) is 6.67. The molecule has 1 saturated carbocycles. The standard InChI is InChI=1S/C18H20ClN3O/c19-13-3-4-16-14(7-13)15(8-17(21-16)12-1-2-12)18(23)22-6-5-11(9-20)10-22/h3-4,7-8,11-12H,1-2,5-6,9-10,20H2. The van der Waals surface area contributed by atoms with Crippen molar-refractivity contribution in [2.24, 2.45) is 11.7 Å². The quantitative estimate of drug-likeness (QED) is 0.940. The number of fused-ring (bicyclic) bond motifs is 1. The van der Waals surface area contributed by atoms with Gasteiger partial charge in [-0.05, 0) is 56.0 Å². The van der Waals surface area contributed by atoms with Crippen LogP contribution in [0.15, 0.2) is 24.3 Å². The Bertz CT molecular complexity index is 772. The van der Waals surface area contributed by atoms with Gasteiger partial charge in [-0.3, -0.25) is 9.78 Å². The molecule has 23 heavy (non-hydrogen) atoms. The molecule has 0 radical (unpaired) electrons. The lowest BCUT2D eigenvalue weighted by Gasteiger charge is -2.18. The summed E-state index contributed by atoms with van der Waals surface area (Å²) in [5, 5.41) is 1.48. The zero-order valence-electron chi connectivity index (χ0n) is 13.0. The number of hydrogen-bond acceptors (Lipinski definition) is 3. The van der Waals surface area contributed by atoms with Gasteiger partial charge in [0.2, 0.25) is 0 Å². The lowest BCUT2D eigenvalue weighted by atomic mass is 10.0. The Morgan fingerprint density at radius 1 is 1.30 bits per heavy atom. The van der Waals surface area contributed by atoms with Crippen LogP contribution in [0.3, 0.4) is 0 Å². The SMILES string of the molecule is NCC1CCN(C(=O)c2cc(C3CC3)nc3ccc(Cl)cc23)C1. The van der Waals surface area contributed by atoms with E-state index in [1.807, 2.05) is 29.2 Å². The molecule has 2 fully saturated rings. The molecule has 2 N–H and O–H groups in total. The van der Waals surface area contributed by atoms with Crippen LogP contribution in [0.25, 0.3) is 10.9 Å². The van der Waals surface area contributed by atoms with Gasteiger partial charge in [-0.2, -0.15) is 0 Å². The molecule has 1 saturated heterocycles. The summed E-state index contributed by atoms with van der Waals surface area (Å²) in [5.74, 6) is 1.01. The summed E-state index contributed by atoms with van der Waals surface area (Å²) in [5.41, 5.74) is 8.38. The molecule has 2 aliphatic rings. The van der Waals surface area contributed by atoms with Gasteiger partial charge in [-0.25, -0.2) is 0 Å². The van der Waals surface area contributed by atoms with Crippen LogP contribution >= 0.6 is 11.6 Å². The first-order valence-electron chi connectivity index (χ1n) is 8.25. The Morgan fingerprint density at radius 2 is 2.13 bits per heavy atom. The molecule has 4 rings (SSSR count). The number of amides is 1. The molecular formula is C18H20ClN3O. The average Bonchev–Trinajstić information content (AvgIpc) is 3.30. The van der Waals surface area contributed by atoms with Crippen LogP contribution in [0, 0.1) is 5.92 Å². The van der Waals surface area contributed by atoms with Gasteiger partial charge >= 0.3 is 0 Å². The van der Waals surface area contributed by atoms with Crippen LogP contribution in [0.5, 0.6) is 0 Å². The van der Waals surface area contributed by atoms with E-state index in [2.05, 4.69) is 0 Å². The van der Waals surface area contributed by atoms with Crippen molar-refractivity contribution in [1.29, 1.82) is 0 Å². The van der Waals surface area contributed by atoms with Crippen molar-refractivity contribution in [2.75, 3.05) is 19.6 Å². The zero-order chi connectivity index (χ0) is 16.0. The van der Waals surface area contributed by atoms with Crippen LogP contribution in [0.2, 0.25) is 5.02 Å². The summed E-state index contributed by atoms with van der Waals surface area (Å²) in [4.78, 5) is 19.7. The van der Waals surface area contributed by atoms with Crippen molar-refractivity contribution in [3.05, 3.63) is 40.5 Å². The fourth-order valence-corrected chi connectivity index (χ4v) is 3.54. The average molecular weight is 330 g/mol. The Kier molecular flexibility index (Phi) is 3.74. The minimum absolute atomic E-state index is 0.0810. The molecule has 2 heterocycles. The van der Waals surface area contributed by atoms with Crippen LogP contribution in [-0.2, 0) is 0 Å². The predicted octanol–water partition coefficient (Wildman–Crippen LogP) is 3.19. The van der Waals surface area contributed by atoms with E-state index < -0.39 is 0 Å². The van der Waals surface area contributed by atoms with Crippen LogP contribution in [0.1, 0.15) is 41.2 Å². The molecule has 1 aromatic heterocycles. The summed E-state index contributed by atoms with van der Waals surface area (Å²) in [6, 6.07) is 7.58. The van der Waals surface area contributed by atoms with Crippen LogP contribution in [-0.4, -0.2) is 35.4 Å². The minimum Gasteiger partial charge on any atom is -0.338 e. The number of nitrogens with zero attached hydrogens (tertiary/aromatic N) is 2. The van der Waals surface area contributed by atoms with E-state index in [4.69, 9.17) is 22.3 Å². The number of carbonyl (C=O) groups excluding carboxylic acids is 1. The number of rotatable bonds is 3. The second kappa shape index (κ2) is 5.77. The molecule has 120 valence electrons. The van der Waals surface area contributed by atoms with Crippen molar-refractivity contribution in [3.8, 4) is 0 Å². The van der Waals surface area contributed by atoms with Gasteiger partial charge in [0.25, 0.3) is 5.91 Å². The first-order chi connectivity index (χ1) is 11.2. The van der Waals surface area contributed by atoms with E-state index in [1.54, 1.807) is 0 Å². The largest absolute Gasteiger partial charge is 0.338 e. The van der Waals surface area contributed by atoms with Gasteiger partial charge < -0.3 is 10.6 Å². The Labute approximate surface area is 140 Å². The van der Waals surface area contributed by atoms with E-state index in [1.165, 1.54) is 12.8 Å². The maximum Gasteiger partial charge on any atom is 0.254 e. The maximum absolute atomic E-state index is 13.0. The van der Waals surface area contributed by atoms with Gasteiger partial charge in [0.1, 0.15) is 0 Å². The summed E-state index contributed by atoms with van der Waals surface area (Å²) >= 11 is 6.15. The molecule has 1 atom stereocenters. The minimum atomic E-state index is 0.0810. The van der Waals surface area contributed by atoms with Crippen molar-refractivity contribution in [1.82, 2.24) is 9.88 Å². The number of halogens is 1. The number of likely N-dealkylation sites (tertiary alicyclic amines) is 1. The third kappa shape index (κ3) is 2.81. The summed E-state index contributed by atoms with van der Waals surface area (Å²) in [7, 11) is 0. The number of aromatic nitrogens is 1. The fraction of sp³-hybridized carbons (Fsp3) is 0.444. The molecule has 0 bridgehead atoms. The third-order valence-corrected chi connectivity index (χ3v) is 5.16. The predicted molar refractivity (Wildman–Crippen MR) is 91.8 cm³/mol. The van der Waals surface area contributed by atoms with E-state index in [9.17, 15) is 4.79 Å². The zero-order valence-corrected chi connectivity index (χ0v) is 13.7. The van der Waals surface area contributed by atoms with E-state index in [0.29, 0.717) is 23.4 Å². The molecule has 2 aromatic rings. The smallest absolute Gasteiger partial charge is 0.254 e. The highest BCUT2D eigenvalue weighted by atomic mass is 35.5. The molecule has 1 unspecified atom stereocenters. The normalized spacial score (nSPS) is 21.1. The Balaban J connectivity index is 1.77. The second-order valence-corrected chi connectivity index (χ2v) is 7.11. The first kappa shape index (κ1) is 14.9. The molecule has 5 heteroatoms.